The van der Waals surface area contributed by atoms with Gasteiger partial charge in [-0.3, -0.25) is 4.79 Å². The first-order valence-electron chi connectivity index (χ1n) is 6.66. The van der Waals surface area contributed by atoms with Crippen LogP contribution in [0.15, 0.2) is 42.5 Å². The van der Waals surface area contributed by atoms with E-state index in [1.807, 2.05) is 12.1 Å². The molecule has 22 heavy (non-hydrogen) atoms. The molecule has 0 fully saturated rings. The van der Waals surface area contributed by atoms with E-state index in [9.17, 15) is 13.6 Å². The van der Waals surface area contributed by atoms with Gasteiger partial charge in [0.1, 0.15) is 11.8 Å². The Bertz CT molecular complexity index is 677. The molecule has 0 heterocycles. The summed E-state index contributed by atoms with van der Waals surface area (Å²) in [6.45, 7) is 1.65. The molecule has 0 aliphatic rings. The Morgan fingerprint density at radius 3 is 2.55 bits per heavy atom. The van der Waals surface area contributed by atoms with E-state index in [4.69, 9.17) is 4.74 Å². The summed E-state index contributed by atoms with van der Waals surface area (Å²) >= 11 is 0. The number of carbonyl (C=O) groups is 1. The Morgan fingerprint density at radius 2 is 1.86 bits per heavy atom. The van der Waals surface area contributed by atoms with Crippen molar-refractivity contribution in [3.05, 3.63) is 54.1 Å². The van der Waals surface area contributed by atoms with Crippen molar-refractivity contribution >= 4 is 17.3 Å². The lowest BCUT2D eigenvalue weighted by Gasteiger charge is -2.17. The van der Waals surface area contributed by atoms with Crippen LogP contribution in [-0.2, 0) is 4.79 Å². The molecule has 2 rings (SSSR count). The summed E-state index contributed by atoms with van der Waals surface area (Å²) in [6, 6.07) is 9.77. The van der Waals surface area contributed by atoms with E-state index >= 15 is 0 Å². The quantitative estimate of drug-likeness (QED) is 0.890. The third-order valence-corrected chi connectivity index (χ3v) is 3.06. The number of methoxy groups -OCH3 is 1. The number of rotatable bonds is 5. The minimum absolute atomic E-state index is 0.192. The van der Waals surface area contributed by atoms with E-state index in [0.29, 0.717) is 11.4 Å². The summed E-state index contributed by atoms with van der Waals surface area (Å²) in [5.41, 5.74) is 0.857. The summed E-state index contributed by atoms with van der Waals surface area (Å²) in [4.78, 5) is 12.1. The first-order valence-corrected chi connectivity index (χ1v) is 6.66. The molecule has 0 aliphatic carbocycles. The molecule has 0 aliphatic heterocycles. The molecule has 1 amide bonds. The van der Waals surface area contributed by atoms with Crippen molar-refractivity contribution in [1.82, 2.24) is 0 Å². The van der Waals surface area contributed by atoms with Gasteiger partial charge in [-0.1, -0.05) is 12.1 Å². The maximum atomic E-state index is 13.1. The van der Waals surface area contributed by atoms with Crippen molar-refractivity contribution in [3.63, 3.8) is 0 Å². The van der Waals surface area contributed by atoms with Crippen LogP contribution in [0.5, 0.6) is 5.75 Å². The highest BCUT2D eigenvalue weighted by atomic mass is 19.2. The lowest BCUT2D eigenvalue weighted by molar-refractivity contribution is -0.116. The number of amides is 1. The van der Waals surface area contributed by atoms with E-state index in [0.717, 1.165) is 12.1 Å². The monoisotopic (exact) mass is 306 g/mol. The second-order valence-corrected chi connectivity index (χ2v) is 4.68. The van der Waals surface area contributed by atoms with Gasteiger partial charge in [0.25, 0.3) is 0 Å². The van der Waals surface area contributed by atoms with Crippen LogP contribution in [0.1, 0.15) is 6.92 Å². The van der Waals surface area contributed by atoms with E-state index in [1.54, 1.807) is 19.1 Å². The van der Waals surface area contributed by atoms with Gasteiger partial charge in [-0.15, -0.1) is 0 Å². The number of para-hydroxylation sites is 2. The van der Waals surface area contributed by atoms with Gasteiger partial charge >= 0.3 is 0 Å². The van der Waals surface area contributed by atoms with Gasteiger partial charge in [-0.25, -0.2) is 8.78 Å². The number of halogens is 2. The standard InChI is InChI=1S/C16H16F2N2O2/c1-10(19-14-5-3-4-6-15(14)22-2)16(21)20-11-7-8-12(17)13(18)9-11/h3-10,19H,1-2H3,(H,20,21)/t10-/m0/s1. The van der Waals surface area contributed by atoms with E-state index in [2.05, 4.69) is 10.6 Å². The summed E-state index contributed by atoms with van der Waals surface area (Å²) in [7, 11) is 1.53. The minimum Gasteiger partial charge on any atom is -0.495 e. The fourth-order valence-corrected chi connectivity index (χ4v) is 1.89. The predicted molar refractivity (Wildman–Crippen MR) is 81.1 cm³/mol. The average Bonchev–Trinajstić information content (AvgIpc) is 2.51. The first kappa shape index (κ1) is 15.8. The van der Waals surface area contributed by atoms with Gasteiger partial charge in [0, 0.05) is 11.8 Å². The lowest BCUT2D eigenvalue weighted by Crippen LogP contribution is -2.32. The van der Waals surface area contributed by atoms with Crippen molar-refractivity contribution in [1.29, 1.82) is 0 Å². The number of hydrogen-bond acceptors (Lipinski definition) is 3. The predicted octanol–water partition coefficient (Wildman–Crippen LogP) is 3.41. The maximum absolute atomic E-state index is 13.1. The van der Waals surface area contributed by atoms with Crippen molar-refractivity contribution in [3.8, 4) is 5.75 Å². The number of anilines is 2. The molecule has 0 bridgehead atoms. The number of nitrogens with one attached hydrogen (secondary N) is 2. The van der Waals surface area contributed by atoms with E-state index < -0.39 is 17.7 Å². The molecular weight excluding hydrogens is 290 g/mol. The molecule has 2 aromatic carbocycles. The number of carbonyl (C=O) groups excluding carboxylic acids is 1. The Morgan fingerprint density at radius 1 is 1.14 bits per heavy atom. The second-order valence-electron chi connectivity index (χ2n) is 4.68. The molecular formula is C16H16F2N2O2. The molecule has 0 aromatic heterocycles. The zero-order chi connectivity index (χ0) is 16.1. The Labute approximate surface area is 127 Å². The summed E-state index contributed by atoms with van der Waals surface area (Å²) in [6.07, 6.45) is 0. The van der Waals surface area contributed by atoms with Crippen LogP contribution in [0.25, 0.3) is 0 Å². The van der Waals surface area contributed by atoms with Crippen LogP contribution in [0.4, 0.5) is 20.2 Å². The average molecular weight is 306 g/mol. The first-order chi connectivity index (χ1) is 10.5. The highest BCUT2D eigenvalue weighted by Crippen LogP contribution is 2.24. The van der Waals surface area contributed by atoms with Crippen molar-refractivity contribution in [2.24, 2.45) is 0 Å². The molecule has 2 N–H and O–H groups in total. The molecule has 4 nitrogen and oxygen atoms in total. The summed E-state index contributed by atoms with van der Waals surface area (Å²) in [5, 5.41) is 5.52. The third-order valence-electron chi connectivity index (χ3n) is 3.06. The molecule has 0 radical (unpaired) electrons. The smallest absolute Gasteiger partial charge is 0.246 e. The highest BCUT2D eigenvalue weighted by Gasteiger charge is 2.15. The van der Waals surface area contributed by atoms with E-state index in [1.165, 1.54) is 13.2 Å². The normalized spacial score (nSPS) is 11.6. The van der Waals surface area contributed by atoms with Crippen molar-refractivity contribution < 1.29 is 18.3 Å². The minimum atomic E-state index is -1.01. The van der Waals surface area contributed by atoms with Crippen LogP contribution in [0, 0.1) is 11.6 Å². The van der Waals surface area contributed by atoms with Crippen molar-refractivity contribution in [2.45, 2.75) is 13.0 Å². The van der Waals surface area contributed by atoms with Crippen LogP contribution in [0.3, 0.4) is 0 Å². The van der Waals surface area contributed by atoms with Gasteiger partial charge < -0.3 is 15.4 Å². The van der Waals surface area contributed by atoms with Crippen LogP contribution in [-0.4, -0.2) is 19.1 Å². The topological polar surface area (TPSA) is 50.4 Å². The molecule has 0 saturated carbocycles. The van der Waals surface area contributed by atoms with Gasteiger partial charge in [-0.05, 0) is 31.2 Å². The Kier molecular flexibility index (Phi) is 4.93. The molecule has 1 atom stereocenters. The number of ether oxygens (including phenoxy) is 1. The molecule has 2 aromatic rings. The molecule has 0 unspecified atom stereocenters. The lowest BCUT2D eigenvalue weighted by atomic mass is 10.2. The molecule has 0 saturated heterocycles. The largest absolute Gasteiger partial charge is 0.495 e. The SMILES string of the molecule is COc1ccccc1N[C@@H](C)C(=O)Nc1ccc(F)c(F)c1. The third kappa shape index (κ3) is 3.72. The number of benzene rings is 2. The second kappa shape index (κ2) is 6.89. The Balaban J connectivity index is 2.04. The zero-order valence-corrected chi connectivity index (χ0v) is 12.2. The van der Waals surface area contributed by atoms with Crippen LogP contribution >= 0.6 is 0 Å². The molecule has 0 spiro atoms. The zero-order valence-electron chi connectivity index (χ0n) is 12.2. The fourth-order valence-electron chi connectivity index (χ4n) is 1.89. The molecule has 6 heteroatoms. The van der Waals surface area contributed by atoms with Gasteiger partial charge in [0.05, 0.1) is 12.8 Å². The van der Waals surface area contributed by atoms with Gasteiger partial charge in [0.15, 0.2) is 11.6 Å². The van der Waals surface area contributed by atoms with Crippen LogP contribution in [0.2, 0.25) is 0 Å². The number of hydrogen-bond donors (Lipinski definition) is 2. The maximum Gasteiger partial charge on any atom is 0.246 e. The van der Waals surface area contributed by atoms with Gasteiger partial charge in [0.2, 0.25) is 5.91 Å². The summed E-state index contributed by atoms with van der Waals surface area (Å²) in [5.74, 6) is -1.74. The highest BCUT2D eigenvalue weighted by molar-refractivity contribution is 5.96. The summed E-state index contributed by atoms with van der Waals surface area (Å²) < 4.78 is 31.2. The van der Waals surface area contributed by atoms with E-state index in [-0.39, 0.29) is 11.6 Å². The Hall–Kier alpha value is -2.63. The van der Waals surface area contributed by atoms with Crippen molar-refractivity contribution in [2.75, 3.05) is 17.7 Å². The van der Waals surface area contributed by atoms with Crippen LogP contribution < -0.4 is 15.4 Å². The molecule has 116 valence electrons. The van der Waals surface area contributed by atoms with Gasteiger partial charge in [-0.2, -0.15) is 0 Å². The fraction of sp³-hybridized carbons (Fsp3) is 0.188.